The van der Waals surface area contributed by atoms with E-state index in [1.165, 1.54) is 102 Å². The van der Waals surface area contributed by atoms with Crippen LogP contribution in [0.5, 0.6) is 34.5 Å². The van der Waals surface area contributed by atoms with Crippen LogP contribution in [0.25, 0.3) is 0 Å². The molecule has 2 N–H and O–H groups in total. The van der Waals surface area contributed by atoms with Gasteiger partial charge in [-0.2, -0.15) is 0 Å². The Morgan fingerprint density at radius 1 is 0.424 bits per heavy atom. The maximum Gasteiger partial charge on any atom is 0.343 e. The second kappa shape index (κ2) is 32.9. The second-order valence-electron chi connectivity index (χ2n) is 17.1. The van der Waals surface area contributed by atoms with E-state index in [2.05, 4.69) is 23.8 Å². The van der Waals surface area contributed by atoms with Crippen LogP contribution >= 0.6 is 0 Å². The van der Waals surface area contributed by atoms with Gasteiger partial charge in [0.1, 0.15) is 34.5 Å². The van der Waals surface area contributed by atoms with Gasteiger partial charge in [-0.05, 0) is 98.5 Å². The maximum atomic E-state index is 12.7. The van der Waals surface area contributed by atoms with E-state index in [1.807, 2.05) is 0 Å². The Morgan fingerprint density at radius 2 is 0.742 bits per heavy atom. The molecule has 0 bridgehead atoms. The number of carbonyl (C=O) groups is 2. The summed E-state index contributed by atoms with van der Waals surface area (Å²) in [6, 6.07) is 23.4. The molecule has 0 radical (unpaired) electrons. The van der Waals surface area contributed by atoms with Crippen molar-refractivity contribution in [1.82, 2.24) is 0 Å². The summed E-state index contributed by atoms with van der Waals surface area (Å²) in [5.41, 5.74) is 1.94. The van der Waals surface area contributed by atoms with Crippen molar-refractivity contribution in [3.63, 3.8) is 0 Å². The fourth-order valence-corrected chi connectivity index (χ4v) is 7.39. The van der Waals surface area contributed by atoms with Crippen LogP contribution in [0, 0.1) is 0 Å². The lowest BCUT2D eigenvalue weighted by molar-refractivity contribution is 0.0724. The first-order chi connectivity index (χ1) is 32.4. The van der Waals surface area contributed by atoms with Crippen LogP contribution in [0.4, 0.5) is 0 Å². The average Bonchev–Trinajstić information content (AvgIpc) is 3.32. The first-order valence-corrected chi connectivity index (χ1v) is 24.9. The third kappa shape index (κ3) is 22.0. The van der Waals surface area contributed by atoms with Crippen LogP contribution in [0.2, 0.25) is 0 Å². The van der Waals surface area contributed by atoms with Gasteiger partial charge in [-0.1, -0.05) is 129 Å². The number of aromatic hydroxyl groups is 2. The molecule has 0 atom stereocenters. The summed E-state index contributed by atoms with van der Waals surface area (Å²) in [6.07, 6.45) is 29.4. The smallest absolute Gasteiger partial charge is 0.343 e. The zero-order chi connectivity index (χ0) is 46.9. The van der Waals surface area contributed by atoms with Crippen molar-refractivity contribution in [2.24, 2.45) is 9.98 Å². The standard InChI is InChI=1S/C56H76N2O8/c1-3-5-7-9-11-15-19-23-39-63-49-31-25-45(26-32-49)55(61)65-51-35-29-47(53(59)41-51)43-57-37-21-17-13-14-18-22-38-58-44-48-30-36-52(42-54(48)60)66-56(62)46-27-33-50(34-28-46)64-40-24-20-16-12-10-8-6-4-2/h25-36,41-44,59-60H,3-24,37-40H2,1-2H3. The lowest BCUT2D eigenvalue weighted by atomic mass is 10.1. The SMILES string of the molecule is CCCCCCCCCCOc1ccc(C(=O)Oc2ccc(C=NCCCCCCCCN=Cc3ccc(OC(=O)c4ccc(OCCCCCCCCCC)cc4)cc3O)c(O)c2)cc1. The number of hydrogen-bond acceptors (Lipinski definition) is 10. The molecular formula is C56H76N2O8. The third-order valence-electron chi connectivity index (χ3n) is 11.4. The van der Waals surface area contributed by atoms with Gasteiger partial charge in [-0.3, -0.25) is 9.98 Å². The molecule has 0 saturated heterocycles. The van der Waals surface area contributed by atoms with E-state index < -0.39 is 11.9 Å². The minimum absolute atomic E-state index is 0.00279. The van der Waals surface area contributed by atoms with Gasteiger partial charge >= 0.3 is 11.9 Å². The predicted octanol–water partition coefficient (Wildman–Crippen LogP) is 14.5. The van der Waals surface area contributed by atoms with Crippen molar-refractivity contribution < 1.29 is 38.7 Å². The van der Waals surface area contributed by atoms with Gasteiger partial charge in [0, 0.05) is 48.8 Å². The zero-order valence-electron chi connectivity index (χ0n) is 39.9. The highest BCUT2D eigenvalue weighted by Crippen LogP contribution is 2.26. The number of phenols is 2. The summed E-state index contributed by atoms with van der Waals surface area (Å²) < 4.78 is 22.7. The van der Waals surface area contributed by atoms with Crippen molar-refractivity contribution in [2.45, 2.75) is 155 Å². The van der Waals surface area contributed by atoms with E-state index in [0.717, 1.165) is 62.9 Å². The number of carbonyl (C=O) groups excluding carboxylic acids is 2. The van der Waals surface area contributed by atoms with E-state index in [0.29, 0.717) is 48.6 Å². The minimum Gasteiger partial charge on any atom is -0.507 e. The molecule has 0 amide bonds. The highest BCUT2D eigenvalue weighted by atomic mass is 16.5. The predicted molar refractivity (Wildman–Crippen MR) is 268 cm³/mol. The molecular weight excluding hydrogens is 829 g/mol. The molecule has 0 aromatic heterocycles. The van der Waals surface area contributed by atoms with Gasteiger partial charge < -0.3 is 29.2 Å². The molecule has 4 aromatic rings. The number of ether oxygens (including phenoxy) is 4. The summed E-state index contributed by atoms with van der Waals surface area (Å²) in [5.74, 6) is 0.964. The van der Waals surface area contributed by atoms with E-state index >= 15 is 0 Å². The molecule has 0 saturated carbocycles. The largest absolute Gasteiger partial charge is 0.507 e. The Labute approximate surface area is 394 Å². The molecule has 0 aliphatic heterocycles. The van der Waals surface area contributed by atoms with Gasteiger partial charge in [0.05, 0.1) is 24.3 Å². The summed E-state index contributed by atoms with van der Waals surface area (Å²) in [5, 5.41) is 21.0. The fourth-order valence-electron chi connectivity index (χ4n) is 7.39. The number of hydrogen-bond donors (Lipinski definition) is 2. The van der Waals surface area contributed by atoms with Gasteiger partial charge in [0.25, 0.3) is 0 Å². The second-order valence-corrected chi connectivity index (χ2v) is 17.1. The molecule has 0 heterocycles. The van der Waals surface area contributed by atoms with Crippen LogP contribution in [0.15, 0.2) is 94.9 Å². The quantitative estimate of drug-likeness (QED) is 0.0202. The summed E-state index contributed by atoms with van der Waals surface area (Å²) >= 11 is 0. The van der Waals surface area contributed by atoms with Crippen molar-refractivity contribution >= 4 is 24.4 Å². The zero-order valence-corrected chi connectivity index (χ0v) is 39.9. The van der Waals surface area contributed by atoms with Crippen molar-refractivity contribution in [3.8, 4) is 34.5 Å². The Morgan fingerprint density at radius 3 is 1.09 bits per heavy atom. The molecule has 0 spiro atoms. The van der Waals surface area contributed by atoms with Crippen LogP contribution in [-0.4, -0.2) is 60.9 Å². The molecule has 0 fully saturated rings. The minimum atomic E-state index is -0.504. The highest BCUT2D eigenvalue weighted by molar-refractivity contribution is 5.92. The summed E-state index contributed by atoms with van der Waals surface area (Å²) in [6.45, 7) is 7.11. The van der Waals surface area contributed by atoms with Crippen molar-refractivity contribution in [2.75, 3.05) is 26.3 Å². The number of rotatable bonds is 35. The Kier molecular flexibility index (Phi) is 26.4. The molecule has 358 valence electrons. The van der Waals surface area contributed by atoms with Gasteiger partial charge in [0.2, 0.25) is 0 Å². The fraction of sp³-hybridized carbons (Fsp3) is 0.500. The highest BCUT2D eigenvalue weighted by Gasteiger charge is 2.12. The number of benzene rings is 4. The van der Waals surface area contributed by atoms with Gasteiger partial charge in [-0.25, -0.2) is 9.59 Å². The first-order valence-electron chi connectivity index (χ1n) is 24.9. The molecule has 10 heteroatoms. The Hall–Kier alpha value is -5.64. The number of phenolic OH excluding ortho intramolecular Hbond substituents is 2. The number of aliphatic imine (C=N–C) groups is 2. The van der Waals surface area contributed by atoms with Crippen LogP contribution in [0.3, 0.4) is 0 Å². The molecule has 66 heavy (non-hydrogen) atoms. The lowest BCUT2D eigenvalue weighted by Gasteiger charge is -2.08. The van der Waals surface area contributed by atoms with E-state index in [1.54, 1.807) is 85.2 Å². The Bertz CT molecular complexity index is 1870. The first kappa shape index (κ1) is 53.0. The maximum absolute atomic E-state index is 12.7. The van der Waals surface area contributed by atoms with Crippen LogP contribution in [0.1, 0.15) is 187 Å². The van der Waals surface area contributed by atoms with E-state index in [9.17, 15) is 19.8 Å². The lowest BCUT2D eigenvalue weighted by Crippen LogP contribution is -2.08. The number of esters is 2. The van der Waals surface area contributed by atoms with E-state index in [-0.39, 0.29) is 23.0 Å². The molecule has 10 nitrogen and oxygen atoms in total. The summed E-state index contributed by atoms with van der Waals surface area (Å²) in [4.78, 5) is 34.4. The number of nitrogens with zero attached hydrogens (tertiary/aromatic N) is 2. The topological polar surface area (TPSA) is 136 Å². The molecule has 4 aromatic carbocycles. The summed E-state index contributed by atoms with van der Waals surface area (Å²) in [7, 11) is 0. The molecule has 0 aliphatic rings. The van der Waals surface area contributed by atoms with Gasteiger partial charge in [-0.15, -0.1) is 0 Å². The van der Waals surface area contributed by atoms with Crippen molar-refractivity contribution in [1.29, 1.82) is 0 Å². The Balaban J connectivity index is 1.01. The van der Waals surface area contributed by atoms with Gasteiger partial charge in [0.15, 0.2) is 0 Å². The van der Waals surface area contributed by atoms with Crippen LogP contribution < -0.4 is 18.9 Å². The molecule has 4 rings (SSSR count). The monoisotopic (exact) mass is 905 g/mol. The number of unbranched alkanes of at least 4 members (excludes halogenated alkanes) is 19. The van der Waals surface area contributed by atoms with Crippen LogP contribution in [-0.2, 0) is 0 Å². The van der Waals surface area contributed by atoms with E-state index in [4.69, 9.17) is 18.9 Å². The average molecular weight is 905 g/mol. The molecule has 0 aliphatic carbocycles. The third-order valence-corrected chi connectivity index (χ3v) is 11.4. The molecule has 0 unspecified atom stereocenters. The van der Waals surface area contributed by atoms with Crippen molar-refractivity contribution in [3.05, 3.63) is 107 Å². The normalized spacial score (nSPS) is 11.4.